The number of nitrogens with zero attached hydrogens (tertiary/aromatic N) is 4. The third-order valence-corrected chi connectivity index (χ3v) is 5.07. The van der Waals surface area contributed by atoms with Gasteiger partial charge >= 0.3 is 0 Å². The van der Waals surface area contributed by atoms with Gasteiger partial charge in [0.2, 0.25) is 0 Å². The number of aryl methyl sites for hydroxylation is 2. The molecule has 0 aliphatic heterocycles. The van der Waals surface area contributed by atoms with Gasteiger partial charge in [-0.05, 0) is 38.5 Å². The van der Waals surface area contributed by atoms with E-state index in [9.17, 15) is 4.79 Å². The molecule has 3 aromatic rings. The van der Waals surface area contributed by atoms with Crippen LogP contribution in [-0.2, 0) is 13.1 Å². The van der Waals surface area contributed by atoms with Crippen LogP contribution in [0.4, 0.5) is 5.69 Å². The molecule has 0 saturated carbocycles. The second-order valence-electron chi connectivity index (χ2n) is 6.07. The number of hydrogen-bond donors (Lipinski definition) is 1. The molecule has 0 aliphatic rings. The molecule has 0 unspecified atom stereocenters. The number of carbonyl (C=O) groups is 1. The highest BCUT2D eigenvalue weighted by Crippen LogP contribution is 2.26. The predicted molar refractivity (Wildman–Crippen MR) is 108 cm³/mol. The first kappa shape index (κ1) is 19.7. The van der Waals surface area contributed by atoms with Gasteiger partial charge in [-0.1, -0.05) is 40.9 Å². The first-order chi connectivity index (χ1) is 12.8. The quantitative estimate of drug-likeness (QED) is 0.626. The van der Waals surface area contributed by atoms with Crippen LogP contribution in [0.25, 0.3) is 0 Å². The van der Waals surface area contributed by atoms with E-state index in [0.717, 1.165) is 11.3 Å². The van der Waals surface area contributed by atoms with Gasteiger partial charge in [0, 0.05) is 22.8 Å². The van der Waals surface area contributed by atoms with Gasteiger partial charge in [-0.15, -0.1) is 0 Å². The molecule has 0 aliphatic carbocycles. The molecule has 0 radical (unpaired) electrons. The number of carbonyl (C=O) groups excluding carboxylic acids is 1. The molecule has 27 heavy (non-hydrogen) atoms. The fraction of sp³-hybridized carbons (Fsp3) is 0.278. The second-order valence-corrected chi connectivity index (χ2v) is 7.33. The highest BCUT2D eigenvalue weighted by atomic mass is 35.5. The average Bonchev–Trinajstić information content (AvgIpc) is 3.12. The molecule has 6 nitrogen and oxygen atoms in total. The minimum atomic E-state index is -0.373. The Bertz CT molecular complexity index is 1010. The lowest BCUT2D eigenvalue weighted by atomic mass is 10.2. The van der Waals surface area contributed by atoms with E-state index < -0.39 is 0 Å². The largest absolute Gasteiger partial charge is 0.317 e. The molecule has 9 heteroatoms. The molecule has 1 N–H and O–H groups in total. The summed E-state index contributed by atoms with van der Waals surface area (Å²) < 4.78 is 3.40. The van der Waals surface area contributed by atoms with Crippen molar-refractivity contribution in [1.29, 1.82) is 0 Å². The number of benzene rings is 1. The summed E-state index contributed by atoms with van der Waals surface area (Å²) in [6.45, 7) is 6.72. The molecule has 2 aromatic heterocycles. The van der Waals surface area contributed by atoms with Crippen LogP contribution in [0.2, 0.25) is 15.1 Å². The van der Waals surface area contributed by atoms with Crippen LogP contribution in [0.15, 0.2) is 24.4 Å². The number of hydrogen-bond acceptors (Lipinski definition) is 3. The minimum Gasteiger partial charge on any atom is -0.317 e. The molecule has 1 aromatic carbocycles. The summed E-state index contributed by atoms with van der Waals surface area (Å²) in [5.74, 6) is -0.373. The molecule has 0 spiro atoms. The highest BCUT2D eigenvalue weighted by molar-refractivity contribution is 6.35. The SMILES string of the molecule is CCn1cc(Cl)c(C(=O)Nc2c(C)nn(Cc3ccc(Cl)cc3Cl)c2C)n1. The van der Waals surface area contributed by atoms with Crippen molar-refractivity contribution in [3.05, 3.63) is 62.1 Å². The highest BCUT2D eigenvalue weighted by Gasteiger charge is 2.20. The van der Waals surface area contributed by atoms with Crippen molar-refractivity contribution >= 4 is 46.4 Å². The van der Waals surface area contributed by atoms with Gasteiger partial charge in [0.15, 0.2) is 5.69 Å². The Morgan fingerprint density at radius 2 is 1.89 bits per heavy atom. The number of rotatable bonds is 5. The fourth-order valence-corrected chi connectivity index (χ4v) is 3.43. The van der Waals surface area contributed by atoms with Gasteiger partial charge in [-0.25, -0.2) is 0 Å². The lowest BCUT2D eigenvalue weighted by Crippen LogP contribution is -2.15. The van der Waals surface area contributed by atoms with Gasteiger partial charge in [0.05, 0.1) is 28.6 Å². The van der Waals surface area contributed by atoms with Crippen molar-refractivity contribution < 1.29 is 4.79 Å². The lowest BCUT2D eigenvalue weighted by molar-refractivity contribution is 0.102. The Morgan fingerprint density at radius 1 is 1.15 bits per heavy atom. The number of nitrogens with one attached hydrogen (secondary N) is 1. The predicted octanol–water partition coefficient (Wildman–Crippen LogP) is 4.98. The fourth-order valence-electron chi connectivity index (χ4n) is 2.73. The molecule has 1 amide bonds. The Morgan fingerprint density at radius 3 is 2.52 bits per heavy atom. The molecule has 2 heterocycles. The van der Waals surface area contributed by atoms with E-state index in [4.69, 9.17) is 34.8 Å². The number of halogens is 3. The maximum absolute atomic E-state index is 12.6. The van der Waals surface area contributed by atoms with Gasteiger partial charge < -0.3 is 5.32 Å². The summed E-state index contributed by atoms with van der Waals surface area (Å²) in [5.41, 5.74) is 3.20. The van der Waals surface area contributed by atoms with Gasteiger partial charge in [-0.3, -0.25) is 14.2 Å². The zero-order valence-electron chi connectivity index (χ0n) is 15.1. The Balaban J connectivity index is 1.85. The Kier molecular flexibility index (Phi) is 5.79. The number of amides is 1. The van der Waals surface area contributed by atoms with Crippen LogP contribution in [0, 0.1) is 13.8 Å². The first-order valence-electron chi connectivity index (χ1n) is 8.32. The molecular formula is C18H18Cl3N5O. The summed E-state index contributed by atoms with van der Waals surface area (Å²) in [7, 11) is 0. The smallest absolute Gasteiger partial charge is 0.277 e. The summed E-state index contributed by atoms with van der Waals surface area (Å²) in [5, 5.41) is 13.0. The van der Waals surface area contributed by atoms with E-state index in [1.807, 2.05) is 26.8 Å². The van der Waals surface area contributed by atoms with Crippen LogP contribution in [-0.4, -0.2) is 25.5 Å². The van der Waals surface area contributed by atoms with Gasteiger partial charge in [0.25, 0.3) is 5.91 Å². The van der Waals surface area contributed by atoms with Gasteiger partial charge in [0.1, 0.15) is 0 Å². The topological polar surface area (TPSA) is 64.7 Å². The normalized spacial score (nSPS) is 11.0. The zero-order chi connectivity index (χ0) is 19.7. The zero-order valence-corrected chi connectivity index (χ0v) is 17.3. The lowest BCUT2D eigenvalue weighted by Gasteiger charge is -2.08. The van der Waals surface area contributed by atoms with Crippen molar-refractivity contribution in [2.75, 3.05) is 5.32 Å². The Labute approximate surface area is 172 Å². The second kappa shape index (κ2) is 7.92. The third kappa shape index (κ3) is 4.13. The van der Waals surface area contributed by atoms with Crippen molar-refractivity contribution in [2.45, 2.75) is 33.9 Å². The molecule has 0 bridgehead atoms. The van der Waals surface area contributed by atoms with Crippen LogP contribution in [0.5, 0.6) is 0 Å². The third-order valence-electron chi connectivity index (χ3n) is 4.21. The van der Waals surface area contributed by atoms with Crippen molar-refractivity contribution in [2.24, 2.45) is 0 Å². The van der Waals surface area contributed by atoms with Crippen LogP contribution >= 0.6 is 34.8 Å². The molecular weight excluding hydrogens is 409 g/mol. The van der Waals surface area contributed by atoms with E-state index >= 15 is 0 Å². The van der Waals surface area contributed by atoms with E-state index in [1.54, 1.807) is 27.7 Å². The molecule has 142 valence electrons. The molecule has 0 saturated heterocycles. The molecule has 3 rings (SSSR count). The van der Waals surface area contributed by atoms with Crippen molar-refractivity contribution in [3.63, 3.8) is 0 Å². The average molecular weight is 427 g/mol. The molecule has 0 atom stereocenters. The summed E-state index contributed by atoms with van der Waals surface area (Å²) in [4.78, 5) is 12.6. The monoisotopic (exact) mass is 425 g/mol. The number of aromatic nitrogens is 4. The summed E-state index contributed by atoms with van der Waals surface area (Å²) in [6, 6.07) is 5.33. The van der Waals surface area contributed by atoms with Crippen molar-refractivity contribution in [1.82, 2.24) is 19.6 Å². The maximum atomic E-state index is 12.6. The summed E-state index contributed by atoms with van der Waals surface area (Å²) >= 11 is 18.3. The van der Waals surface area contributed by atoms with Gasteiger partial charge in [-0.2, -0.15) is 10.2 Å². The van der Waals surface area contributed by atoms with E-state index in [1.165, 1.54) is 0 Å². The maximum Gasteiger partial charge on any atom is 0.277 e. The van der Waals surface area contributed by atoms with E-state index in [0.29, 0.717) is 39.5 Å². The van der Waals surface area contributed by atoms with Crippen molar-refractivity contribution in [3.8, 4) is 0 Å². The minimum absolute atomic E-state index is 0.186. The molecule has 0 fully saturated rings. The standard InChI is InChI=1S/C18H18Cl3N5O/c1-4-25-9-15(21)17(24-25)18(27)22-16-10(2)23-26(11(16)3)8-12-5-6-13(19)7-14(12)20/h5-7,9H,4,8H2,1-3H3,(H,22,27). The van der Waals surface area contributed by atoms with Crippen LogP contribution in [0.3, 0.4) is 0 Å². The van der Waals surface area contributed by atoms with Crippen LogP contribution < -0.4 is 5.32 Å². The number of anilines is 1. The Hall–Kier alpha value is -2.02. The first-order valence-corrected chi connectivity index (χ1v) is 9.45. The summed E-state index contributed by atoms with van der Waals surface area (Å²) in [6.07, 6.45) is 1.63. The van der Waals surface area contributed by atoms with E-state index in [2.05, 4.69) is 15.5 Å². The van der Waals surface area contributed by atoms with Crippen LogP contribution in [0.1, 0.15) is 34.4 Å². The van der Waals surface area contributed by atoms with E-state index in [-0.39, 0.29) is 11.6 Å².